The molecule has 3 nitrogen and oxygen atoms in total. The predicted octanol–water partition coefficient (Wildman–Crippen LogP) is 3.49. The molecule has 0 radical (unpaired) electrons. The van der Waals surface area contributed by atoms with Gasteiger partial charge in [-0.25, -0.2) is 0 Å². The van der Waals surface area contributed by atoms with E-state index in [2.05, 4.69) is 0 Å². The first-order valence-corrected chi connectivity index (χ1v) is 6.12. The van der Waals surface area contributed by atoms with E-state index in [1.54, 1.807) is 43.3 Å². The third kappa shape index (κ3) is 3.35. The Morgan fingerprint density at radius 1 is 0.895 bits per heavy atom. The number of aryl methyl sites for hydroxylation is 1. The van der Waals surface area contributed by atoms with Gasteiger partial charge in [-0.15, -0.1) is 0 Å². The fourth-order valence-electron chi connectivity index (χ4n) is 1.67. The third-order valence-corrected chi connectivity index (χ3v) is 2.76. The molecule has 0 unspecified atom stereocenters. The largest absolute Gasteiger partial charge is 0.457 e. The monoisotopic (exact) mass is 255 g/mol. The molecular weight excluding hydrogens is 238 g/mol. The number of carbonyl (C=O) groups is 1. The summed E-state index contributed by atoms with van der Waals surface area (Å²) in [7, 11) is 3.47. The topological polar surface area (TPSA) is 29.5 Å². The van der Waals surface area contributed by atoms with Gasteiger partial charge in [-0.1, -0.05) is 17.7 Å². The van der Waals surface area contributed by atoms with Crippen LogP contribution in [0, 0.1) is 6.92 Å². The number of carbonyl (C=O) groups excluding carboxylic acids is 1. The summed E-state index contributed by atoms with van der Waals surface area (Å²) in [5, 5.41) is 0. The summed E-state index contributed by atoms with van der Waals surface area (Å²) in [6, 6.07) is 15.0. The van der Waals surface area contributed by atoms with Gasteiger partial charge in [0.05, 0.1) is 0 Å². The van der Waals surface area contributed by atoms with Gasteiger partial charge >= 0.3 is 0 Å². The molecule has 0 N–H and O–H groups in total. The number of hydrogen-bond donors (Lipinski definition) is 0. The van der Waals surface area contributed by atoms with E-state index in [4.69, 9.17) is 4.74 Å². The second kappa shape index (κ2) is 5.57. The molecule has 0 aliphatic rings. The zero-order valence-corrected chi connectivity index (χ0v) is 11.4. The molecule has 98 valence electrons. The Kier molecular flexibility index (Phi) is 3.85. The number of ether oxygens (including phenoxy) is 1. The van der Waals surface area contributed by atoms with Crippen LogP contribution in [0.15, 0.2) is 48.5 Å². The molecule has 0 heterocycles. The molecule has 19 heavy (non-hydrogen) atoms. The molecule has 0 aliphatic carbocycles. The van der Waals surface area contributed by atoms with Crippen LogP contribution in [0.4, 0.5) is 0 Å². The molecular formula is C16H17NO2. The van der Waals surface area contributed by atoms with Gasteiger partial charge in [0.25, 0.3) is 5.91 Å². The second-order valence-corrected chi connectivity index (χ2v) is 4.64. The van der Waals surface area contributed by atoms with E-state index in [9.17, 15) is 4.79 Å². The van der Waals surface area contributed by atoms with E-state index in [1.807, 2.05) is 31.2 Å². The highest BCUT2D eigenvalue weighted by Gasteiger charge is 2.07. The summed E-state index contributed by atoms with van der Waals surface area (Å²) < 4.78 is 5.70. The van der Waals surface area contributed by atoms with Crippen molar-refractivity contribution in [2.75, 3.05) is 14.1 Å². The molecule has 2 rings (SSSR count). The molecule has 0 spiro atoms. The molecule has 0 aromatic heterocycles. The molecule has 0 aliphatic heterocycles. The van der Waals surface area contributed by atoms with Gasteiger partial charge in [0, 0.05) is 19.7 Å². The Balaban J connectivity index is 2.10. The summed E-state index contributed by atoms with van der Waals surface area (Å²) in [6.45, 7) is 2.03. The maximum absolute atomic E-state index is 11.7. The summed E-state index contributed by atoms with van der Waals surface area (Å²) in [6.07, 6.45) is 0. The normalized spacial score (nSPS) is 10.1. The van der Waals surface area contributed by atoms with Crippen LogP contribution in [0.3, 0.4) is 0 Å². The Morgan fingerprint density at radius 3 is 1.84 bits per heavy atom. The smallest absolute Gasteiger partial charge is 0.253 e. The lowest BCUT2D eigenvalue weighted by atomic mass is 10.2. The van der Waals surface area contributed by atoms with Gasteiger partial charge < -0.3 is 9.64 Å². The highest BCUT2D eigenvalue weighted by molar-refractivity contribution is 5.93. The van der Waals surface area contributed by atoms with E-state index in [0.29, 0.717) is 5.56 Å². The third-order valence-electron chi connectivity index (χ3n) is 2.76. The Hall–Kier alpha value is -2.29. The Bertz CT molecular complexity index is 556. The quantitative estimate of drug-likeness (QED) is 0.840. The fourth-order valence-corrected chi connectivity index (χ4v) is 1.67. The van der Waals surface area contributed by atoms with Crippen LogP contribution >= 0.6 is 0 Å². The van der Waals surface area contributed by atoms with Crippen molar-refractivity contribution in [1.29, 1.82) is 0 Å². The highest BCUT2D eigenvalue weighted by atomic mass is 16.5. The average molecular weight is 255 g/mol. The van der Waals surface area contributed by atoms with Crippen molar-refractivity contribution >= 4 is 5.91 Å². The Morgan fingerprint density at radius 2 is 1.37 bits per heavy atom. The lowest BCUT2D eigenvalue weighted by Crippen LogP contribution is -2.21. The first-order chi connectivity index (χ1) is 9.06. The fraction of sp³-hybridized carbons (Fsp3) is 0.188. The molecule has 0 saturated carbocycles. The molecule has 0 fully saturated rings. The van der Waals surface area contributed by atoms with Gasteiger partial charge in [-0.05, 0) is 43.3 Å². The van der Waals surface area contributed by atoms with Crippen molar-refractivity contribution < 1.29 is 9.53 Å². The molecule has 2 aromatic carbocycles. The predicted molar refractivity (Wildman–Crippen MR) is 75.7 cm³/mol. The van der Waals surface area contributed by atoms with Gasteiger partial charge in [-0.3, -0.25) is 4.79 Å². The molecule has 0 atom stereocenters. The van der Waals surface area contributed by atoms with Crippen molar-refractivity contribution in [2.24, 2.45) is 0 Å². The van der Waals surface area contributed by atoms with Crippen molar-refractivity contribution in [3.63, 3.8) is 0 Å². The van der Waals surface area contributed by atoms with Crippen molar-refractivity contribution in [2.45, 2.75) is 6.92 Å². The zero-order valence-electron chi connectivity index (χ0n) is 11.4. The average Bonchev–Trinajstić information content (AvgIpc) is 2.41. The lowest BCUT2D eigenvalue weighted by Gasteiger charge is -2.11. The molecule has 0 bridgehead atoms. The number of nitrogens with zero attached hydrogens (tertiary/aromatic N) is 1. The van der Waals surface area contributed by atoms with Crippen molar-refractivity contribution in [3.05, 3.63) is 59.7 Å². The van der Waals surface area contributed by atoms with Gasteiger partial charge in [0.1, 0.15) is 11.5 Å². The van der Waals surface area contributed by atoms with Crippen LogP contribution in [0.1, 0.15) is 15.9 Å². The van der Waals surface area contributed by atoms with Gasteiger partial charge in [0.2, 0.25) is 0 Å². The molecule has 2 aromatic rings. The van der Waals surface area contributed by atoms with Crippen LogP contribution < -0.4 is 4.74 Å². The van der Waals surface area contributed by atoms with Crippen LogP contribution in [0.5, 0.6) is 11.5 Å². The first kappa shape index (κ1) is 13.1. The maximum atomic E-state index is 11.7. The van der Waals surface area contributed by atoms with Gasteiger partial charge in [-0.2, -0.15) is 0 Å². The molecule has 3 heteroatoms. The van der Waals surface area contributed by atoms with Crippen LogP contribution in [0.2, 0.25) is 0 Å². The first-order valence-electron chi connectivity index (χ1n) is 6.12. The summed E-state index contributed by atoms with van der Waals surface area (Å²) in [5.41, 5.74) is 1.85. The van der Waals surface area contributed by atoms with Gasteiger partial charge in [0.15, 0.2) is 0 Å². The summed E-state index contributed by atoms with van der Waals surface area (Å²) in [4.78, 5) is 13.3. The zero-order chi connectivity index (χ0) is 13.8. The SMILES string of the molecule is Cc1ccc(Oc2ccc(C(=O)N(C)C)cc2)cc1. The highest BCUT2D eigenvalue weighted by Crippen LogP contribution is 2.22. The minimum absolute atomic E-state index is 0.0121. The Labute approximate surface area is 113 Å². The van der Waals surface area contributed by atoms with E-state index in [-0.39, 0.29) is 5.91 Å². The molecule has 1 amide bonds. The van der Waals surface area contributed by atoms with Crippen LogP contribution in [-0.4, -0.2) is 24.9 Å². The number of rotatable bonds is 3. The molecule has 0 saturated heterocycles. The van der Waals surface area contributed by atoms with Crippen LogP contribution in [-0.2, 0) is 0 Å². The van der Waals surface area contributed by atoms with Crippen LogP contribution in [0.25, 0.3) is 0 Å². The van der Waals surface area contributed by atoms with Crippen molar-refractivity contribution in [3.8, 4) is 11.5 Å². The number of hydrogen-bond acceptors (Lipinski definition) is 2. The standard InChI is InChI=1S/C16H17NO2/c1-12-4-8-14(9-5-12)19-15-10-6-13(7-11-15)16(18)17(2)3/h4-11H,1-3H3. The second-order valence-electron chi connectivity index (χ2n) is 4.64. The number of amides is 1. The number of benzene rings is 2. The van der Waals surface area contributed by atoms with E-state index >= 15 is 0 Å². The van der Waals surface area contributed by atoms with E-state index in [0.717, 1.165) is 11.5 Å². The summed E-state index contributed by atoms with van der Waals surface area (Å²) >= 11 is 0. The van der Waals surface area contributed by atoms with Crippen molar-refractivity contribution in [1.82, 2.24) is 4.90 Å². The van der Waals surface area contributed by atoms with E-state index in [1.165, 1.54) is 5.56 Å². The van der Waals surface area contributed by atoms with E-state index < -0.39 is 0 Å². The maximum Gasteiger partial charge on any atom is 0.253 e. The minimum atomic E-state index is -0.0121. The summed E-state index contributed by atoms with van der Waals surface area (Å²) in [5.74, 6) is 1.50. The lowest BCUT2D eigenvalue weighted by molar-refractivity contribution is 0.0827. The minimum Gasteiger partial charge on any atom is -0.457 e.